The highest BCUT2D eigenvalue weighted by molar-refractivity contribution is 7.13. The van der Waals surface area contributed by atoms with Crippen molar-refractivity contribution >= 4 is 23.4 Å². The largest absolute Gasteiger partial charge is 0.444 e. The van der Waals surface area contributed by atoms with Gasteiger partial charge in [-0.1, -0.05) is 0 Å². The van der Waals surface area contributed by atoms with Gasteiger partial charge >= 0.3 is 6.09 Å². The Kier molecular flexibility index (Phi) is 5.26. The van der Waals surface area contributed by atoms with E-state index in [1.165, 1.54) is 11.3 Å². The van der Waals surface area contributed by atoms with Crippen molar-refractivity contribution in [3.8, 4) is 10.7 Å². The van der Waals surface area contributed by atoms with Crippen molar-refractivity contribution in [1.82, 2.24) is 20.3 Å². The molecule has 2 rings (SSSR count). The molecule has 0 unspecified atom stereocenters. The second kappa shape index (κ2) is 7.17. The summed E-state index contributed by atoms with van der Waals surface area (Å²) in [6.45, 7) is 6.38. The fourth-order valence-corrected chi connectivity index (χ4v) is 2.17. The van der Waals surface area contributed by atoms with E-state index in [1.54, 1.807) is 12.4 Å². The summed E-state index contributed by atoms with van der Waals surface area (Å²) in [6, 6.07) is 1.81. The van der Waals surface area contributed by atoms with E-state index in [1.807, 2.05) is 32.2 Å². The van der Waals surface area contributed by atoms with E-state index in [4.69, 9.17) is 4.74 Å². The Labute approximate surface area is 133 Å². The molecule has 2 aromatic heterocycles. The Hall–Kier alpha value is -2.22. The van der Waals surface area contributed by atoms with Crippen LogP contribution in [0, 0.1) is 0 Å². The molecule has 2 heterocycles. The van der Waals surface area contributed by atoms with Gasteiger partial charge in [0, 0.05) is 30.9 Å². The van der Waals surface area contributed by atoms with Crippen LogP contribution in [0.3, 0.4) is 0 Å². The summed E-state index contributed by atoms with van der Waals surface area (Å²) in [5, 5.41) is 8.45. The molecule has 1 amide bonds. The van der Waals surface area contributed by atoms with Gasteiger partial charge in [0.2, 0.25) is 5.95 Å². The molecule has 7 nitrogen and oxygen atoms in total. The molecule has 0 aliphatic heterocycles. The number of nitrogens with one attached hydrogen (secondary N) is 2. The van der Waals surface area contributed by atoms with Gasteiger partial charge in [0.05, 0.1) is 0 Å². The van der Waals surface area contributed by atoms with E-state index in [0.29, 0.717) is 19.0 Å². The first-order valence-corrected chi connectivity index (χ1v) is 7.76. The van der Waals surface area contributed by atoms with E-state index >= 15 is 0 Å². The van der Waals surface area contributed by atoms with Crippen LogP contribution >= 0.6 is 11.3 Å². The molecule has 0 radical (unpaired) electrons. The van der Waals surface area contributed by atoms with Crippen molar-refractivity contribution in [2.45, 2.75) is 26.4 Å². The lowest BCUT2D eigenvalue weighted by Gasteiger charge is -2.19. The second-order valence-corrected chi connectivity index (χ2v) is 6.35. The Morgan fingerprint density at radius 3 is 2.77 bits per heavy atom. The van der Waals surface area contributed by atoms with Crippen LogP contribution in [0.25, 0.3) is 10.7 Å². The molecule has 8 heteroatoms. The number of aromatic nitrogens is 3. The number of alkyl carbamates (subject to hydrolysis) is 1. The summed E-state index contributed by atoms with van der Waals surface area (Å²) in [6.07, 6.45) is 2.97. The number of hydrogen-bond acceptors (Lipinski definition) is 7. The van der Waals surface area contributed by atoms with Gasteiger partial charge in [0.15, 0.2) is 0 Å². The highest BCUT2D eigenvalue weighted by Crippen LogP contribution is 2.19. The molecule has 22 heavy (non-hydrogen) atoms. The van der Waals surface area contributed by atoms with Crippen LogP contribution in [-0.4, -0.2) is 39.7 Å². The number of hydrogen-bond donors (Lipinski definition) is 2. The SMILES string of the molecule is CC(C)(C)OC(=O)NCCNc1nccc(-c2nccs2)n1. The predicted octanol–water partition coefficient (Wildman–Crippen LogP) is 2.54. The second-order valence-electron chi connectivity index (χ2n) is 5.46. The molecule has 2 N–H and O–H groups in total. The van der Waals surface area contributed by atoms with Crippen molar-refractivity contribution in [3.63, 3.8) is 0 Å². The maximum atomic E-state index is 11.5. The molecule has 0 spiro atoms. The minimum Gasteiger partial charge on any atom is -0.444 e. The van der Waals surface area contributed by atoms with Crippen molar-refractivity contribution < 1.29 is 9.53 Å². The first kappa shape index (κ1) is 16.2. The molecule has 118 valence electrons. The molecule has 0 atom stereocenters. The van der Waals surface area contributed by atoms with Gasteiger partial charge in [-0.15, -0.1) is 11.3 Å². The molecule has 0 fully saturated rings. The lowest BCUT2D eigenvalue weighted by molar-refractivity contribution is 0.0530. The average Bonchev–Trinajstić information content (AvgIpc) is 2.96. The average molecular weight is 321 g/mol. The normalized spacial score (nSPS) is 11.0. The fraction of sp³-hybridized carbons (Fsp3) is 0.429. The summed E-state index contributed by atoms with van der Waals surface area (Å²) in [4.78, 5) is 24.2. The van der Waals surface area contributed by atoms with Crippen molar-refractivity contribution in [2.75, 3.05) is 18.4 Å². The Bertz CT molecular complexity index is 610. The van der Waals surface area contributed by atoms with Crippen molar-refractivity contribution in [1.29, 1.82) is 0 Å². The van der Waals surface area contributed by atoms with Crippen LogP contribution < -0.4 is 10.6 Å². The molecular weight excluding hydrogens is 302 g/mol. The Morgan fingerprint density at radius 1 is 1.27 bits per heavy atom. The van der Waals surface area contributed by atoms with Crippen molar-refractivity contribution in [3.05, 3.63) is 23.8 Å². The van der Waals surface area contributed by atoms with Gasteiger partial charge in [0.1, 0.15) is 16.3 Å². The maximum absolute atomic E-state index is 11.5. The van der Waals surface area contributed by atoms with Crippen LogP contribution in [0.4, 0.5) is 10.7 Å². The van der Waals surface area contributed by atoms with Crippen LogP contribution in [0.15, 0.2) is 23.8 Å². The van der Waals surface area contributed by atoms with Gasteiger partial charge in [-0.2, -0.15) is 0 Å². The lowest BCUT2D eigenvalue weighted by Crippen LogP contribution is -2.35. The third kappa shape index (κ3) is 5.28. The van der Waals surface area contributed by atoms with E-state index < -0.39 is 11.7 Å². The van der Waals surface area contributed by atoms with Crippen LogP contribution in [-0.2, 0) is 4.74 Å². The minimum absolute atomic E-state index is 0.416. The standard InChI is InChI=1S/C14H19N5O2S/c1-14(2,3)21-13(20)18-7-6-17-12-16-5-4-10(19-12)11-15-8-9-22-11/h4-5,8-9H,6-7H2,1-3H3,(H,18,20)(H,16,17,19). The topological polar surface area (TPSA) is 89.0 Å². The Morgan fingerprint density at radius 2 is 2.09 bits per heavy atom. The zero-order chi connectivity index (χ0) is 16.0. The number of ether oxygens (including phenoxy) is 1. The molecule has 0 aliphatic carbocycles. The van der Waals surface area contributed by atoms with Gasteiger partial charge in [-0.05, 0) is 26.8 Å². The predicted molar refractivity (Wildman–Crippen MR) is 85.9 cm³/mol. The van der Waals surface area contributed by atoms with E-state index in [2.05, 4.69) is 25.6 Å². The zero-order valence-electron chi connectivity index (χ0n) is 12.8. The molecule has 2 aromatic rings. The van der Waals surface area contributed by atoms with Crippen LogP contribution in [0.5, 0.6) is 0 Å². The Balaban J connectivity index is 1.78. The van der Waals surface area contributed by atoms with Crippen molar-refractivity contribution in [2.24, 2.45) is 0 Å². The van der Waals surface area contributed by atoms with Gasteiger partial charge in [-0.25, -0.2) is 19.7 Å². The molecule has 0 aromatic carbocycles. The molecule has 0 bridgehead atoms. The zero-order valence-corrected chi connectivity index (χ0v) is 13.6. The van der Waals surface area contributed by atoms with E-state index in [-0.39, 0.29) is 0 Å². The molecule has 0 aliphatic rings. The number of nitrogens with zero attached hydrogens (tertiary/aromatic N) is 3. The number of thiazole rings is 1. The van der Waals surface area contributed by atoms with Crippen LogP contribution in [0.1, 0.15) is 20.8 Å². The van der Waals surface area contributed by atoms with Gasteiger partial charge < -0.3 is 15.4 Å². The molecule has 0 saturated heterocycles. The van der Waals surface area contributed by atoms with E-state index in [9.17, 15) is 4.79 Å². The third-order valence-electron chi connectivity index (χ3n) is 2.38. The number of amides is 1. The quantitative estimate of drug-likeness (QED) is 0.823. The highest BCUT2D eigenvalue weighted by Gasteiger charge is 2.15. The first-order valence-electron chi connectivity index (χ1n) is 6.88. The third-order valence-corrected chi connectivity index (χ3v) is 3.18. The monoisotopic (exact) mass is 321 g/mol. The summed E-state index contributed by atoms with van der Waals surface area (Å²) >= 11 is 1.52. The minimum atomic E-state index is -0.497. The van der Waals surface area contributed by atoms with E-state index in [0.717, 1.165) is 10.7 Å². The molecular formula is C14H19N5O2S. The summed E-state index contributed by atoms with van der Waals surface area (Å²) in [5.74, 6) is 0.499. The van der Waals surface area contributed by atoms with Crippen LogP contribution in [0.2, 0.25) is 0 Å². The number of carbonyl (C=O) groups excluding carboxylic acids is 1. The number of rotatable bonds is 5. The lowest BCUT2D eigenvalue weighted by atomic mass is 10.2. The summed E-state index contributed by atoms with van der Waals surface area (Å²) in [7, 11) is 0. The highest BCUT2D eigenvalue weighted by atomic mass is 32.1. The summed E-state index contributed by atoms with van der Waals surface area (Å²) < 4.78 is 5.14. The van der Waals surface area contributed by atoms with Gasteiger partial charge in [0.25, 0.3) is 0 Å². The fourth-order valence-electron chi connectivity index (χ4n) is 1.57. The number of carbonyl (C=O) groups is 1. The molecule has 0 saturated carbocycles. The smallest absolute Gasteiger partial charge is 0.407 e. The van der Waals surface area contributed by atoms with Gasteiger partial charge in [-0.3, -0.25) is 0 Å². The number of anilines is 1. The first-order chi connectivity index (χ1) is 10.4. The maximum Gasteiger partial charge on any atom is 0.407 e. The summed E-state index contributed by atoms with van der Waals surface area (Å²) in [5.41, 5.74) is 0.274.